The molecule has 0 unspecified atom stereocenters. The van der Waals surface area contributed by atoms with E-state index in [-0.39, 0.29) is 0 Å². The van der Waals surface area contributed by atoms with Gasteiger partial charge in [0, 0.05) is 20.8 Å². The van der Waals surface area contributed by atoms with Crippen molar-refractivity contribution in [1.29, 1.82) is 0 Å². The minimum absolute atomic E-state index is 0.548. The van der Waals surface area contributed by atoms with Crippen molar-refractivity contribution in [3.05, 3.63) is 0 Å². The zero-order chi connectivity index (χ0) is 20.2. The summed E-state index contributed by atoms with van der Waals surface area (Å²) in [5.41, 5.74) is 0. The molecule has 6 atom stereocenters. The molecular formula is C15H24N2O9. The maximum absolute atomic E-state index is 11.6. The van der Waals surface area contributed by atoms with E-state index in [2.05, 4.69) is 10.6 Å². The Bertz CT molecular complexity index is 579. The number of ether oxygens (including phenoxy) is 2. The number of carboxylic acid groups (broad SMARTS) is 1. The molecule has 1 fully saturated rings. The summed E-state index contributed by atoms with van der Waals surface area (Å²) in [7, 11) is 0. The van der Waals surface area contributed by atoms with Crippen LogP contribution >= 0.6 is 0 Å². The fourth-order valence-electron chi connectivity index (χ4n) is 2.84. The highest BCUT2D eigenvalue weighted by atomic mass is 16.7. The van der Waals surface area contributed by atoms with Crippen LogP contribution in [0, 0.1) is 0 Å². The second-order valence-corrected chi connectivity index (χ2v) is 6.22. The van der Waals surface area contributed by atoms with Crippen LogP contribution in [0.4, 0.5) is 0 Å². The van der Waals surface area contributed by atoms with Crippen molar-refractivity contribution in [2.24, 2.45) is 0 Å². The van der Waals surface area contributed by atoms with E-state index >= 15 is 0 Å². The number of rotatable bonds is 6. The van der Waals surface area contributed by atoms with Gasteiger partial charge in [-0.1, -0.05) is 0 Å². The maximum Gasteiger partial charge on any atom is 0.364 e. The van der Waals surface area contributed by atoms with Crippen molar-refractivity contribution in [2.45, 2.75) is 70.3 Å². The number of carboxylic acids is 1. The normalized spacial score (nSPS) is 30.6. The van der Waals surface area contributed by atoms with Crippen LogP contribution in [0.3, 0.4) is 0 Å². The van der Waals surface area contributed by atoms with E-state index in [0.29, 0.717) is 0 Å². The van der Waals surface area contributed by atoms with Crippen molar-refractivity contribution in [2.75, 3.05) is 0 Å². The van der Waals surface area contributed by atoms with Gasteiger partial charge < -0.3 is 35.4 Å². The Kier molecular flexibility index (Phi) is 7.07. The van der Waals surface area contributed by atoms with Gasteiger partial charge in [0.1, 0.15) is 12.2 Å². The number of nitrogens with one attached hydrogen (secondary N) is 2. The molecule has 0 spiro atoms. The molecule has 2 amide bonds. The van der Waals surface area contributed by atoms with Crippen LogP contribution in [0.15, 0.2) is 0 Å². The Morgan fingerprint density at radius 1 is 1.19 bits per heavy atom. The quantitative estimate of drug-likeness (QED) is 0.325. The number of carbonyl (C=O) groups excluding carboxylic acids is 3. The Labute approximate surface area is 149 Å². The molecule has 1 aliphatic heterocycles. The van der Waals surface area contributed by atoms with Crippen LogP contribution in [-0.2, 0) is 28.7 Å². The first kappa shape index (κ1) is 21.8. The number of aliphatic hydroxyl groups is 2. The lowest BCUT2D eigenvalue weighted by molar-refractivity contribution is -0.284. The SMILES string of the molecule is CC(=O)N[C@H]1[C@H]([C@H](NC(C)=O)[C@@H](C)O)O[C@](O)(C(=O)O)C[C@@H]1OC(C)=O. The summed E-state index contributed by atoms with van der Waals surface area (Å²) in [6, 6.07) is -2.32. The second kappa shape index (κ2) is 8.43. The summed E-state index contributed by atoms with van der Waals surface area (Å²) in [5.74, 6) is -6.37. The molecule has 1 rings (SSSR count). The smallest absolute Gasteiger partial charge is 0.364 e. The summed E-state index contributed by atoms with van der Waals surface area (Å²) in [6.45, 7) is 4.73. The second-order valence-electron chi connectivity index (χ2n) is 6.22. The van der Waals surface area contributed by atoms with E-state index in [1.807, 2.05) is 0 Å². The third-order valence-corrected chi connectivity index (χ3v) is 3.83. The van der Waals surface area contributed by atoms with E-state index in [0.717, 1.165) is 6.92 Å². The molecule has 1 saturated heterocycles. The minimum atomic E-state index is -2.74. The van der Waals surface area contributed by atoms with E-state index in [9.17, 15) is 34.5 Å². The maximum atomic E-state index is 11.6. The van der Waals surface area contributed by atoms with Gasteiger partial charge in [-0.2, -0.15) is 0 Å². The lowest BCUT2D eigenvalue weighted by Gasteiger charge is -2.46. The molecule has 0 aromatic heterocycles. The lowest BCUT2D eigenvalue weighted by atomic mass is 9.87. The zero-order valence-corrected chi connectivity index (χ0v) is 14.9. The van der Waals surface area contributed by atoms with Crippen LogP contribution < -0.4 is 10.6 Å². The third kappa shape index (κ3) is 5.38. The standard InChI is InChI=1S/C15H24N2O9/c1-6(18)11(16-7(2)19)13-12(17-8(3)20)10(25-9(4)21)5-15(24,26-13)14(22)23/h6,10-13,18,24H,5H2,1-4H3,(H,16,19)(H,17,20)(H,22,23)/t6-,10+,11-,12-,13+,15+/m1/s1. The minimum Gasteiger partial charge on any atom is -0.477 e. The number of hydrogen-bond donors (Lipinski definition) is 5. The molecule has 0 aliphatic carbocycles. The lowest BCUT2D eigenvalue weighted by Crippen LogP contribution is -2.69. The van der Waals surface area contributed by atoms with Crippen LogP contribution in [0.2, 0.25) is 0 Å². The van der Waals surface area contributed by atoms with Gasteiger partial charge in [-0.05, 0) is 6.92 Å². The van der Waals surface area contributed by atoms with E-state index < -0.39 is 66.4 Å². The number of hydrogen-bond acceptors (Lipinski definition) is 8. The zero-order valence-electron chi connectivity index (χ0n) is 14.9. The van der Waals surface area contributed by atoms with Crippen LogP contribution in [0.5, 0.6) is 0 Å². The number of amides is 2. The van der Waals surface area contributed by atoms with Gasteiger partial charge in [-0.15, -0.1) is 0 Å². The first-order chi connectivity index (χ1) is 11.9. The fourth-order valence-corrected chi connectivity index (χ4v) is 2.84. The van der Waals surface area contributed by atoms with Gasteiger partial charge in [-0.25, -0.2) is 4.79 Å². The van der Waals surface area contributed by atoms with Gasteiger partial charge in [0.05, 0.1) is 24.6 Å². The fraction of sp³-hybridized carbons (Fsp3) is 0.733. The molecule has 11 heteroatoms. The molecule has 5 N–H and O–H groups in total. The van der Waals surface area contributed by atoms with Crippen LogP contribution in [0.1, 0.15) is 34.1 Å². The molecular weight excluding hydrogens is 352 g/mol. The van der Waals surface area contributed by atoms with Gasteiger partial charge in [-0.3, -0.25) is 14.4 Å². The summed E-state index contributed by atoms with van der Waals surface area (Å²) in [5, 5.41) is 34.4. The molecule has 0 saturated carbocycles. The summed E-state index contributed by atoms with van der Waals surface area (Å²) < 4.78 is 10.3. The van der Waals surface area contributed by atoms with Crippen molar-refractivity contribution in [1.82, 2.24) is 10.6 Å². The summed E-state index contributed by atoms with van der Waals surface area (Å²) in [6.07, 6.45) is -4.57. The predicted octanol–water partition coefficient (Wildman–Crippen LogP) is -2.13. The Morgan fingerprint density at radius 3 is 2.15 bits per heavy atom. The number of carbonyl (C=O) groups is 4. The molecule has 1 aliphatic rings. The third-order valence-electron chi connectivity index (χ3n) is 3.83. The summed E-state index contributed by atoms with van der Waals surface area (Å²) >= 11 is 0. The topological polar surface area (TPSA) is 171 Å². The van der Waals surface area contributed by atoms with Crippen molar-refractivity contribution >= 4 is 23.8 Å². The van der Waals surface area contributed by atoms with Gasteiger partial charge in [0.2, 0.25) is 11.8 Å². The van der Waals surface area contributed by atoms with Gasteiger partial charge in [0.15, 0.2) is 0 Å². The Hall–Kier alpha value is -2.24. The molecule has 0 aromatic carbocycles. The van der Waals surface area contributed by atoms with Crippen LogP contribution in [-0.4, -0.2) is 75.3 Å². The average molecular weight is 376 g/mol. The van der Waals surface area contributed by atoms with Crippen molar-refractivity contribution in [3.8, 4) is 0 Å². The van der Waals surface area contributed by atoms with Crippen LogP contribution in [0.25, 0.3) is 0 Å². The predicted molar refractivity (Wildman–Crippen MR) is 84.5 cm³/mol. The van der Waals surface area contributed by atoms with Gasteiger partial charge >= 0.3 is 11.9 Å². The average Bonchev–Trinajstić information content (AvgIpc) is 2.46. The molecule has 0 aromatic rings. The molecule has 26 heavy (non-hydrogen) atoms. The highest BCUT2D eigenvalue weighted by Gasteiger charge is 2.55. The number of aliphatic carboxylic acids is 1. The summed E-state index contributed by atoms with van der Waals surface area (Å²) in [4.78, 5) is 45.9. The van der Waals surface area contributed by atoms with Crippen molar-refractivity contribution in [3.63, 3.8) is 0 Å². The first-order valence-corrected chi connectivity index (χ1v) is 7.90. The molecule has 11 nitrogen and oxygen atoms in total. The molecule has 0 radical (unpaired) electrons. The Morgan fingerprint density at radius 2 is 1.77 bits per heavy atom. The highest BCUT2D eigenvalue weighted by molar-refractivity contribution is 5.77. The molecule has 148 valence electrons. The largest absolute Gasteiger partial charge is 0.477 e. The van der Waals surface area contributed by atoms with Crippen molar-refractivity contribution < 1.29 is 44.0 Å². The molecule has 1 heterocycles. The van der Waals surface area contributed by atoms with E-state index in [4.69, 9.17) is 9.47 Å². The molecule has 0 bridgehead atoms. The monoisotopic (exact) mass is 376 g/mol. The van der Waals surface area contributed by atoms with Gasteiger partial charge in [0.25, 0.3) is 5.79 Å². The number of aliphatic hydroxyl groups excluding tert-OH is 1. The van der Waals surface area contributed by atoms with E-state index in [1.54, 1.807) is 0 Å². The first-order valence-electron chi connectivity index (χ1n) is 7.90. The van der Waals surface area contributed by atoms with E-state index in [1.165, 1.54) is 20.8 Å². The number of esters is 1. The highest BCUT2D eigenvalue weighted by Crippen LogP contribution is 2.32. The Balaban J connectivity index is 3.38.